The maximum Gasteiger partial charge on any atom is 0.274 e. The molecule has 3 rings (SSSR count). The van der Waals surface area contributed by atoms with Crippen molar-refractivity contribution in [2.45, 2.75) is 13.8 Å². The first-order valence-corrected chi connectivity index (χ1v) is 8.78. The molecule has 0 unspecified atom stereocenters. The summed E-state index contributed by atoms with van der Waals surface area (Å²) in [6.45, 7) is 3.72. The number of amides is 1. The average molecular weight is 405 g/mol. The molecule has 1 amide bonds. The highest BCUT2D eigenvalue weighted by Crippen LogP contribution is 2.22. The van der Waals surface area contributed by atoms with Gasteiger partial charge in [0.05, 0.1) is 28.3 Å². The molecule has 0 spiro atoms. The molecule has 0 radical (unpaired) electrons. The van der Waals surface area contributed by atoms with Crippen LogP contribution in [0, 0.1) is 41.1 Å². The van der Waals surface area contributed by atoms with Crippen LogP contribution in [0.4, 0.5) is 10.1 Å². The third-order valence-electron chi connectivity index (χ3n) is 4.50. The van der Waals surface area contributed by atoms with Gasteiger partial charge in [0.25, 0.3) is 11.6 Å². The Morgan fingerprint density at radius 2 is 1.93 bits per heavy atom. The molecule has 1 heterocycles. The third-order valence-corrected chi connectivity index (χ3v) is 4.50. The van der Waals surface area contributed by atoms with Gasteiger partial charge in [-0.05, 0) is 50.2 Å². The fourth-order valence-corrected chi connectivity index (χ4v) is 3.03. The molecule has 0 bridgehead atoms. The molecule has 0 atom stereocenters. The summed E-state index contributed by atoms with van der Waals surface area (Å²) < 4.78 is 15.8. The van der Waals surface area contributed by atoms with Crippen molar-refractivity contribution in [2.75, 3.05) is 0 Å². The smallest absolute Gasteiger partial charge is 0.274 e. The molecule has 9 heteroatoms. The molecular formula is C21H16FN5O3. The number of non-ortho nitro benzene ring substituents is 1. The van der Waals surface area contributed by atoms with E-state index in [9.17, 15) is 19.3 Å². The average Bonchev–Trinajstić information content (AvgIpc) is 3.01. The van der Waals surface area contributed by atoms with E-state index in [1.165, 1.54) is 30.5 Å². The number of carbonyl (C=O) groups is 1. The monoisotopic (exact) mass is 405 g/mol. The van der Waals surface area contributed by atoms with Crippen molar-refractivity contribution >= 4 is 17.8 Å². The van der Waals surface area contributed by atoms with Crippen LogP contribution in [-0.2, 0) is 0 Å². The van der Waals surface area contributed by atoms with Crippen molar-refractivity contribution in [1.29, 1.82) is 5.26 Å². The summed E-state index contributed by atoms with van der Waals surface area (Å²) in [4.78, 5) is 22.5. The number of aromatic nitrogens is 1. The molecule has 1 N–H and O–H groups in total. The van der Waals surface area contributed by atoms with Crippen molar-refractivity contribution in [1.82, 2.24) is 9.99 Å². The first-order chi connectivity index (χ1) is 14.3. The Hall–Kier alpha value is -4.32. The number of hydrogen-bond donors (Lipinski definition) is 1. The van der Waals surface area contributed by atoms with Crippen molar-refractivity contribution in [3.63, 3.8) is 0 Å². The van der Waals surface area contributed by atoms with E-state index in [0.717, 1.165) is 23.1 Å². The Labute approximate surface area is 171 Å². The van der Waals surface area contributed by atoms with Gasteiger partial charge in [0, 0.05) is 34.8 Å². The number of nitro benzene ring substituents is 1. The molecule has 30 heavy (non-hydrogen) atoms. The second kappa shape index (κ2) is 8.36. The van der Waals surface area contributed by atoms with Gasteiger partial charge < -0.3 is 4.57 Å². The predicted octanol–water partition coefficient (Wildman–Crippen LogP) is 3.78. The fraction of sp³-hybridized carbons (Fsp3) is 0.0952. The first kappa shape index (κ1) is 20.4. The van der Waals surface area contributed by atoms with Gasteiger partial charge in [-0.1, -0.05) is 0 Å². The lowest BCUT2D eigenvalue weighted by Gasteiger charge is -2.09. The Morgan fingerprint density at radius 1 is 1.23 bits per heavy atom. The molecule has 3 aromatic rings. The summed E-state index contributed by atoms with van der Waals surface area (Å²) >= 11 is 0. The van der Waals surface area contributed by atoms with E-state index < -0.39 is 16.6 Å². The summed E-state index contributed by atoms with van der Waals surface area (Å²) in [6, 6.07) is 13.3. The minimum absolute atomic E-state index is 0.000690. The van der Waals surface area contributed by atoms with Gasteiger partial charge in [-0.25, -0.2) is 9.82 Å². The lowest BCUT2D eigenvalue weighted by molar-refractivity contribution is -0.384. The van der Waals surface area contributed by atoms with Crippen LogP contribution in [0.2, 0.25) is 0 Å². The summed E-state index contributed by atoms with van der Waals surface area (Å²) in [6.07, 6.45) is 1.43. The van der Waals surface area contributed by atoms with E-state index in [1.807, 2.05) is 24.5 Å². The van der Waals surface area contributed by atoms with Crippen LogP contribution < -0.4 is 5.43 Å². The number of aryl methyl sites for hydroxylation is 1. The van der Waals surface area contributed by atoms with Gasteiger partial charge in [-0.2, -0.15) is 10.4 Å². The van der Waals surface area contributed by atoms with Gasteiger partial charge in [0.15, 0.2) is 0 Å². The number of nitrogens with one attached hydrogen (secondary N) is 1. The topological polar surface area (TPSA) is 113 Å². The van der Waals surface area contributed by atoms with Crippen LogP contribution in [0.1, 0.15) is 32.9 Å². The van der Waals surface area contributed by atoms with E-state index in [2.05, 4.69) is 10.5 Å². The van der Waals surface area contributed by atoms with Gasteiger partial charge in [0.1, 0.15) is 5.82 Å². The molecule has 1 aromatic heterocycles. The van der Waals surface area contributed by atoms with E-state index in [0.29, 0.717) is 5.56 Å². The van der Waals surface area contributed by atoms with E-state index in [-0.39, 0.29) is 16.8 Å². The van der Waals surface area contributed by atoms with Crippen LogP contribution in [0.25, 0.3) is 5.69 Å². The van der Waals surface area contributed by atoms with Crippen LogP contribution in [0.3, 0.4) is 0 Å². The quantitative estimate of drug-likeness (QED) is 0.395. The number of nitro groups is 1. The normalized spacial score (nSPS) is 10.7. The maximum absolute atomic E-state index is 13.9. The third kappa shape index (κ3) is 4.07. The largest absolute Gasteiger partial charge is 0.318 e. The van der Waals surface area contributed by atoms with Crippen LogP contribution in [-0.4, -0.2) is 21.6 Å². The van der Waals surface area contributed by atoms with Crippen molar-refractivity contribution in [3.05, 3.63) is 92.5 Å². The fourth-order valence-electron chi connectivity index (χ4n) is 3.03. The first-order valence-electron chi connectivity index (χ1n) is 8.78. The number of rotatable bonds is 5. The van der Waals surface area contributed by atoms with Gasteiger partial charge >= 0.3 is 0 Å². The second-order valence-electron chi connectivity index (χ2n) is 6.44. The Kier molecular flexibility index (Phi) is 5.69. The molecule has 8 nitrogen and oxygen atoms in total. The number of halogens is 1. The van der Waals surface area contributed by atoms with Crippen LogP contribution in [0.15, 0.2) is 53.6 Å². The maximum atomic E-state index is 13.9. The Bertz CT molecular complexity index is 1210. The standard InChI is InChI=1S/C21H16FN5O3/c1-13-9-16(14(2)26(13)17-4-6-18(7-5-17)27(29)30)12-24-25-21(28)19-8-3-15(11-23)10-20(19)22/h3-10,12H,1-2H3,(H,25,28)/b24-12+. The lowest BCUT2D eigenvalue weighted by Crippen LogP contribution is -2.19. The molecule has 0 saturated carbocycles. The predicted molar refractivity (Wildman–Crippen MR) is 108 cm³/mol. The number of hydrazone groups is 1. The van der Waals surface area contributed by atoms with Crippen molar-refractivity contribution in [3.8, 4) is 11.8 Å². The molecule has 150 valence electrons. The van der Waals surface area contributed by atoms with E-state index >= 15 is 0 Å². The summed E-state index contributed by atoms with van der Waals surface area (Å²) in [5, 5.41) is 23.5. The van der Waals surface area contributed by atoms with Crippen LogP contribution >= 0.6 is 0 Å². The van der Waals surface area contributed by atoms with Crippen molar-refractivity contribution in [2.24, 2.45) is 5.10 Å². The number of nitrogens with zero attached hydrogens (tertiary/aromatic N) is 4. The SMILES string of the molecule is Cc1cc(/C=N/NC(=O)c2ccc(C#N)cc2F)c(C)n1-c1ccc([N+](=O)[O-])cc1. The zero-order valence-electron chi connectivity index (χ0n) is 16.1. The summed E-state index contributed by atoms with van der Waals surface area (Å²) in [7, 11) is 0. The molecule has 0 aliphatic carbocycles. The molecule has 0 saturated heterocycles. The van der Waals surface area contributed by atoms with Gasteiger partial charge in [0.2, 0.25) is 0 Å². The van der Waals surface area contributed by atoms with E-state index in [4.69, 9.17) is 5.26 Å². The summed E-state index contributed by atoms with van der Waals surface area (Å²) in [5.74, 6) is -1.55. The highest BCUT2D eigenvalue weighted by Gasteiger charge is 2.13. The Balaban J connectivity index is 1.78. The molecular weight excluding hydrogens is 389 g/mol. The van der Waals surface area contributed by atoms with E-state index in [1.54, 1.807) is 18.2 Å². The van der Waals surface area contributed by atoms with Crippen molar-refractivity contribution < 1.29 is 14.1 Å². The lowest BCUT2D eigenvalue weighted by atomic mass is 10.1. The minimum Gasteiger partial charge on any atom is -0.318 e. The molecule has 0 aliphatic heterocycles. The zero-order chi connectivity index (χ0) is 21.8. The Morgan fingerprint density at radius 3 is 2.53 bits per heavy atom. The second-order valence-corrected chi connectivity index (χ2v) is 6.44. The number of carbonyl (C=O) groups excluding carboxylic acids is 1. The highest BCUT2D eigenvalue weighted by atomic mass is 19.1. The zero-order valence-corrected chi connectivity index (χ0v) is 16.1. The number of nitriles is 1. The number of benzene rings is 2. The number of hydrogen-bond acceptors (Lipinski definition) is 5. The molecule has 2 aromatic carbocycles. The minimum atomic E-state index is -0.807. The molecule has 0 fully saturated rings. The van der Waals surface area contributed by atoms with Gasteiger partial charge in [-0.15, -0.1) is 0 Å². The molecule has 0 aliphatic rings. The van der Waals surface area contributed by atoms with Gasteiger partial charge in [-0.3, -0.25) is 14.9 Å². The highest BCUT2D eigenvalue weighted by molar-refractivity contribution is 5.95. The summed E-state index contributed by atoms with van der Waals surface area (Å²) in [5.41, 5.74) is 5.30. The van der Waals surface area contributed by atoms with Crippen LogP contribution in [0.5, 0.6) is 0 Å².